The SMILES string of the molecule is O=C(Nc1ccc(N2CCCC2=O)cc1)c1ccnc(Cl)c1. The molecule has 1 aromatic heterocycles. The highest BCUT2D eigenvalue weighted by molar-refractivity contribution is 6.29. The van der Waals surface area contributed by atoms with E-state index in [2.05, 4.69) is 10.3 Å². The summed E-state index contributed by atoms with van der Waals surface area (Å²) in [6.45, 7) is 0.750. The van der Waals surface area contributed by atoms with Gasteiger partial charge in [0.15, 0.2) is 0 Å². The van der Waals surface area contributed by atoms with Crippen molar-refractivity contribution in [3.05, 3.63) is 53.3 Å². The zero-order valence-electron chi connectivity index (χ0n) is 11.8. The number of aromatic nitrogens is 1. The second kappa shape index (κ2) is 6.15. The van der Waals surface area contributed by atoms with Gasteiger partial charge < -0.3 is 10.2 Å². The summed E-state index contributed by atoms with van der Waals surface area (Å²) < 4.78 is 0. The molecular formula is C16H14ClN3O2. The number of carbonyl (C=O) groups is 2. The number of benzene rings is 1. The zero-order valence-corrected chi connectivity index (χ0v) is 12.5. The van der Waals surface area contributed by atoms with Crippen LogP contribution >= 0.6 is 11.6 Å². The molecule has 0 unspecified atom stereocenters. The minimum absolute atomic E-state index is 0.142. The summed E-state index contributed by atoms with van der Waals surface area (Å²) in [5.74, 6) is -0.113. The van der Waals surface area contributed by atoms with E-state index in [0.717, 1.165) is 18.7 Å². The average molecular weight is 316 g/mol. The molecule has 3 rings (SSSR count). The Bertz CT molecular complexity index is 716. The molecule has 0 radical (unpaired) electrons. The first-order valence-electron chi connectivity index (χ1n) is 6.97. The van der Waals surface area contributed by atoms with Crippen molar-refractivity contribution >= 4 is 34.8 Å². The van der Waals surface area contributed by atoms with Gasteiger partial charge in [-0.1, -0.05) is 11.6 Å². The molecule has 0 spiro atoms. The molecule has 5 nitrogen and oxygen atoms in total. The Morgan fingerprint density at radius 3 is 2.64 bits per heavy atom. The number of hydrogen-bond acceptors (Lipinski definition) is 3. The monoisotopic (exact) mass is 315 g/mol. The van der Waals surface area contributed by atoms with Crippen LogP contribution in [0.4, 0.5) is 11.4 Å². The van der Waals surface area contributed by atoms with Gasteiger partial charge in [-0.05, 0) is 42.8 Å². The third-order valence-electron chi connectivity index (χ3n) is 3.50. The number of hydrogen-bond donors (Lipinski definition) is 1. The molecule has 112 valence electrons. The number of nitrogens with one attached hydrogen (secondary N) is 1. The molecule has 22 heavy (non-hydrogen) atoms. The van der Waals surface area contributed by atoms with Crippen LogP contribution in [0.25, 0.3) is 0 Å². The Kier molecular flexibility index (Phi) is 4.06. The van der Waals surface area contributed by atoms with Crippen LogP contribution in [-0.2, 0) is 4.79 Å². The molecule has 1 aliphatic heterocycles. The summed E-state index contributed by atoms with van der Waals surface area (Å²) in [6.07, 6.45) is 2.97. The molecule has 2 heterocycles. The van der Waals surface area contributed by atoms with Crippen molar-refractivity contribution in [2.75, 3.05) is 16.8 Å². The van der Waals surface area contributed by atoms with E-state index >= 15 is 0 Å². The van der Waals surface area contributed by atoms with Crippen LogP contribution in [0.2, 0.25) is 5.15 Å². The molecule has 0 aliphatic carbocycles. The van der Waals surface area contributed by atoms with Gasteiger partial charge in [-0.3, -0.25) is 9.59 Å². The molecule has 1 N–H and O–H groups in total. The number of anilines is 2. The van der Waals surface area contributed by atoms with Gasteiger partial charge in [0.25, 0.3) is 5.91 Å². The number of nitrogens with zero attached hydrogens (tertiary/aromatic N) is 2. The van der Waals surface area contributed by atoms with Crippen molar-refractivity contribution < 1.29 is 9.59 Å². The second-order valence-corrected chi connectivity index (χ2v) is 5.40. The van der Waals surface area contributed by atoms with E-state index < -0.39 is 0 Å². The lowest BCUT2D eigenvalue weighted by Crippen LogP contribution is -2.23. The molecular weight excluding hydrogens is 302 g/mol. The Balaban J connectivity index is 1.71. The van der Waals surface area contributed by atoms with Crippen LogP contribution in [-0.4, -0.2) is 23.3 Å². The normalized spacial score (nSPS) is 14.2. The lowest BCUT2D eigenvalue weighted by atomic mass is 10.2. The van der Waals surface area contributed by atoms with Crippen LogP contribution in [0.1, 0.15) is 23.2 Å². The number of amides is 2. The number of pyridine rings is 1. The molecule has 0 atom stereocenters. The lowest BCUT2D eigenvalue weighted by Gasteiger charge is -2.16. The van der Waals surface area contributed by atoms with Crippen molar-refractivity contribution in [3.8, 4) is 0 Å². The highest BCUT2D eigenvalue weighted by atomic mass is 35.5. The first kappa shape index (κ1) is 14.5. The van der Waals surface area contributed by atoms with Crippen LogP contribution in [0.3, 0.4) is 0 Å². The van der Waals surface area contributed by atoms with Crippen molar-refractivity contribution in [1.82, 2.24) is 4.98 Å². The Morgan fingerprint density at radius 1 is 1.23 bits per heavy atom. The lowest BCUT2D eigenvalue weighted by molar-refractivity contribution is -0.117. The van der Waals surface area contributed by atoms with E-state index in [1.54, 1.807) is 23.1 Å². The minimum atomic E-state index is -0.255. The number of halogens is 1. The summed E-state index contributed by atoms with van der Waals surface area (Å²) in [5, 5.41) is 3.06. The molecule has 2 amide bonds. The highest BCUT2D eigenvalue weighted by Gasteiger charge is 2.21. The maximum atomic E-state index is 12.1. The molecule has 1 aromatic carbocycles. The van der Waals surface area contributed by atoms with Crippen LogP contribution in [0, 0.1) is 0 Å². The maximum absolute atomic E-state index is 12.1. The third-order valence-corrected chi connectivity index (χ3v) is 3.71. The zero-order chi connectivity index (χ0) is 15.5. The molecule has 6 heteroatoms. The smallest absolute Gasteiger partial charge is 0.255 e. The number of rotatable bonds is 3. The quantitative estimate of drug-likeness (QED) is 0.885. The van der Waals surface area contributed by atoms with E-state index in [1.165, 1.54) is 12.3 Å². The largest absolute Gasteiger partial charge is 0.322 e. The Morgan fingerprint density at radius 2 is 2.00 bits per heavy atom. The fourth-order valence-electron chi connectivity index (χ4n) is 2.39. The van der Waals surface area contributed by atoms with Gasteiger partial charge in [-0.2, -0.15) is 0 Å². The average Bonchev–Trinajstić information content (AvgIpc) is 2.94. The fourth-order valence-corrected chi connectivity index (χ4v) is 2.57. The van der Waals surface area contributed by atoms with Crippen LogP contribution in [0.15, 0.2) is 42.6 Å². The van der Waals surface area contributed by atoms with Gasteiger partial charge in [-0.25, -0.2) is 4.98 Å². The molecule has 0 bridgehead atoms. The molecule has 1 aliphatic rings. The topological polar surface area (TPSA) is 62.3 Å². The van der Waals surface area contributed by atoms with Crippen molar-refractivity contribution in [2.45, 2.75) is 12.8 Å². The standard InChI is InChI=1S/C16H14ClN3O2/c17-14-10-11(7-8-18-14)16(22)19-12-3-5-13(6-4-12)20-9-1-2-15(20)21/h3-8,10H,1-2,9H2,(H,19,22). The van der Waals surface area contributed by atoms with Gasteiger partial charge in [0.05, 0.1) is 0 Å². The van der Waals surface area contributed by atoms with Gasteiger partial charge in [0.1, 0.15) is 5.15 Å². The van der Waals surface area contributed by atoms with Gasteiger partial charge >= 0.3 is 0 Å². The molecule has 0 saturated carbocycles. The molecule has 1 saturated heterocycles. The number of carbonyl (C=O) groups excluding carboxylic acids is 2. The Labute approximate surface area is 132 Å². The van der Waals surface area contributed by atoms with Crippen molar-refractivity contribution in [3.63, 3.8) is 0 Å². The van der Waals surface area contributed by atoms with E-state index in [-0.39, 0.29) is 17.0 Å². The third kappa shape index (κ3) is 3.09. The van der Waals surface area contributed by atoms with E-state index in [1.807, 2.05) is 12.1 Å². The second-order valence-electron chi connectivity index (χ2n) is 5.02. The van der Waals surface area contributed by atoms with Crippen LogP contribution in [0.5, 0.6) is 0 Å². The minimum Gasteiger partial charge on any atom is -0.322 e. The molecule has 2 aromatic rings. The fraction of sp³-hybridized carbons (Fsp3) is 0.188. The summed E-state index contributed by atoms with van der Waals surface area (Å²) in [6, 6.07) is 10.3. The van der Waals surface area contributed by atoms with Gasteiger partial charge in [-0.15, -0.1) is 0 Å². The summed E-state index contributed by atoms with van der Waals surface area (Å²) >= 11 is 5.77. The summed E-state index contributed by atoms with van der Waals surface area (Å²) in [4.78, 5) is 29.4. The van der Waals surface area contributed by atoms with E-state index in [0.29, 0.717) is 17.7 Å². The Hall–Kier alpha value is -2.40. The van der Waals surface area contributed by atoms with Crippen molar-refractivity contribution in [1.29, 1.82) is 0 Å². The van der Waals surface area contributed by atoms with Gasteiger partial charge in [0, 0.05) is 36.1 Å². The maximum Gasteiger partial charge on any atom is 0.255 e. The van der Waals surface area contributed by atoms with E-state index in [9.17, 15) is 9.59 Å². The van der Waals surface area contributed by atoms with Gasteiger partial charge in [0.2, 0.25) is 5.91 Å². The van der Waals surface area contributed by atoms with Crippen LogP contribution < -0.4 is 10.2 Å². The summed E-state index contributed by atoms with van der Waals surface area (Å²) in [5.41, 5.74) is 1.96. The predicted molar refractivity (Wildman–Crippen MR) is 85.2 cm³/mol. The highest BCUT2D eigenvalue weighted by Crippen LogP contribution is 2.23. The first-order valence-corrected chi connectivity index (χ1v) is 7.34. The molecule has 1 fully saturated rings. The van der Waals surface area contributed by atoms with E-state index in [4.69, 9.17) is 11.6 Å². The predicted octanol–water partition coefficient (Wildman–Crippen LogP) is 3.11. The summed E-state index contributed by atoms with van der Waals surface area (Å²) in [7, 11) is 0. The van der Waals surface area contributed by atoms with Crippen molar-refractivity contribution in [2.24, 2.45) is 0 Å². The first-order chi connectivity index (χ1) is 10.6.